The second-order valence-corrected chi connectivity index (χ2v) is 3.71. The highest BCUT2D eigenvalue weighted by molar-refractivity contribution is 8.02. The number of thioether (sulfide) groups is 1. The third-order valence-corrected chi connectivity index (χ3v) is 2.88. The first-order valence-electron chi connectivity index (χ1n) is 4.00. The summed E-state index contributed by atoms with van der Waals surface area (Å²) in [5.41, 5.74) is 0. The van der Waals surface area contributed by atoms with Crippen LogP contribution in [0.3, 0.4) is 0 Å². The van der Waals surface area contributed by atoms with Crippen LogP contribution in [-0.4, -0.2) is 6.26 Å². The lowest BCUT2D eigenvalue weighted by molar-refractivity contribution is 0.662. The van der Waals surface area contributed by atoms with Gasteiger partial charge in [0.2, 0.25) is 0 Å². The van der Waals surface area contributed by atoms with Gasteiger partial charge in [-0.2, -0.15) is 0 Å². The molecule has 0 radical (unpaired) electrons. The zero-order valence-electron chi connectivity index (χ0n) is 7.36. The van der Waals surface area contributed by atoms with Crippen molar-refractivity contribution >= 4 is 11.8 Å². The number of allylic oxidation sites excluding steroid dienone is 6. The van der Waals surface area contributed by atoms with Crippen LogP contribution in [0.4, 0.5) is 0 Å². The largest absolute Gasteiger partial charge is 0.134 e. The molecule has 0 aromatic rings. The third-order valence-electron chi connectivity index (χ3n) is 2.08. The van der Waals surface area contributed by atoms with Crippen LogP contribution in [0.5, 0.6) is 0 Å². The number of rotatable bonds is 3. The molecule has 2 unspecified atom stereocenters. The van der Waals surface area contributed by atoms with Gasteiger partial charge in [-0.05, 0) is 11.2 Å². The van der Waals surface area contributed by atoms with Crippen molar-refractivity contribution in [1.29, 1.82) is 0 Å². The van der Waals surface area contributed by atoms with Gasteiger partial charge in [0.1, 0.15) is 0 Å². The fourth-order valence-corrected chi connectivity index (χ4v) is 1.82. The minimum Gasteiger partial charge on any atom is -0.134 e. The van der Waals surface area contributed by atoms with Crippen LogP contribution >= 0.6 is 11.8 Å². The minimum atomic E-state index is 0.426. The Morgan fingerprint density at radius 3 is 2.67 bits per heavy atom. The van der Waals surface area contributed by atoms with E-state index in [1.165, 1.54) is 4.91 Å². The maximum absolute atomic E-state index is 4.03. The molecule has 0 N–H and O–H groups in total. The standard InChI is InChI=1S/C11H14S/c1-4-10-7-5-6-8-11(10)9(2)12-3/h4-8,10-11H,1-2H2,3H3. The molecule has 12 heavy (non-hydrogen) atoms. The van der Waals surface area contributed by atoms with Crippen LogP contribution in [0.15, 0.2) is 48.4 Å². The third kappa shape index (κ3) is 1.92. The Hall–Kier alpha value is -0.690. The van der Waals surface area contributed by atoms with Crippen LogP contribution in [0, 0.1) is 11.8 Å². The zero-order valence-corrected chi connectivity index (χ0v) is 8.18. The summed E-state index contributed by atoms with van der Waals surface area (Å²) in [5, 5.41) is 0. The fraction of sp³-hybridized carbons (Fsp3) is 0.273. The molecule has 0 aliphatic heterocycles. The Morgan fingerprint density at radius 1 is 1.42 bits per heavy atom. The predicted molar refractivity (Wildman–Crippen MR) is 58.1 cm³/mol. The first-order chi connectivity index (χ1) is 5.79. The van der Waals surface area contributed by atoms with Crippen LogP contribution in [0.25, 0.3) is 0 Å². The van der Waals surface area contributed by atoms with E-state index in [0.29, 0.717) is 11.8 Å². The van der Waals surface area contributed by atoms with E-state index in [0.717, 1.165) is 0 Å². The van der Waals surface area contributed by atoms with E-state index in [-0.39, 0.29) is 0 Å². The highest BCUT2D eigenvalue weighted by Crippen LogP contribution is 2.31. The molecular weight excluding hydrogens is 164 g/mol. The van der Waals surface area contributed by atoms with Crippen molar-refractivity contribution in [3.63, 3.8) is 0 Å². The number of hydrogen-bond donors (Lipinski definition) is 0. The lowest BCUT2D eigenvalue weighted by Crippen LogP contribution is -2.10. The van der Waals surface area contributed by atoms with E-state index >= 15 is 0 Å². The van der Waals surface area contributed by atoms with Gasteiger partial charge in [0, 0.05) is 11.8 Å². The van der Waals surface area contributed by atoms with Crippen LogP contribution in [-0.2, 0) is 0 Å². The SMILES string of the molecule is C=CC1C=CC=CC1C(=C)SC. The van der Waals surface area contributed by atoms with Crippen molar-refractivity contribution < 1.29 is 0 Å². The second kappa shape index (κ2) is 4.36. The fourth-order valence-electron chi connectivity index (χ4n) is 1.31. The first kappa shape index (κ1) is 9.40. The summed E-state index contributed by atoms with van der Waals surface area (Å²) in [6.45, 7) is 7.84. The Bertz CT molecular complexity index is 235. The summed E-state index contributed by atoms with van der Waals surface area (Å²) in [5.74, 6) is 0.859. The van der Waals surface area contributed by atoms with Gasteiger partial charge in [0.15, 0.2) is 0 Å². The molecule has 0 heterocycles. The lowest BCUT2D eigenvalue weighted by Gasteiger charge is -2.21. The maximum atomic E-state index is 4.03. The highest BCUT2D eigenvalue weighted by Gasteiger charge is 2.17. The lowest BCUT2D eigenvalue weighted by atomic mass is 9.88. The Kier molecular flexibility index (Phi) is 3.42. The molecule has 1 aliphatic carbocycles. The van der Waals surface area contributed by atoms with Gasteiger partial charge in [0.05, 0.1) is 0 Å². The van der Waals surface area contributed by atoms with Gasteiger partial charge in [-0.3, -0.25) is 0 Å². The Labute approximate surface area is 78.7 Å². The van der Waals surface area contributed by atoms with Crippen LogP contribution in [0.2, 0.25) is 0 Å². The normalized spacial score (nSPS) is 27.1. The quantitative estimate of drug-likeness (QED) is 0.597. The van der Waals surface area contributed by atoms with E-state index in [1.54, 1.807) is 11.8 Å². The number of hydrogen-bond acceptors (Lipinski definition) is 1. The molecule has 0 aromatic heterocycles. The van der Waals surface area contributed by atoms with Crippen molar-refractivity contribution in [3.8, 4) is 0 Å². The van der Waals surface area contributed by atoms with Crippen molar-refractivity contribution in [1.82, 2.24) is 0 Å². The van der Waals surface area contributed by atoms with Gasteiger partial charge in [0.25, 0.3) is 0 Å². The van der Waals surface area contributed by atoms with Crippen molar-refractivity contribution in [2.24, 2.45) is 11.8 Å². The topological polar surface area (TPSA) is 0 Å². The molecule has 0 bridgehead atoms. The summed E-state index contributed by atoms with van der Waals surface area (Å²) >= 11 is 1.72. The smallest absolute Gasteiger partial charge is 0.0173 e. The minimum absolute atomic E-state index is 0.426. The maximum Gasteiger partial charge on any atom is 0.0173 e. The first-order valence-corrected chi connectivity index (χ1v) is 5.22. The molecule has 64 valence electrons. The Balaban J connectivity index is 2.75. The summed E-state index contributed by atoms with van der Waals surface area (Å²) in [4.78, 5) is 1.21. The van der Waals surface area contributed by atoms with Crippen molar-refractivity contribution in [3.05, 3.63) is 48.4 Å². The van der Waals surface area contributed by atoms with Gasteiger partial charge >= 0.3 is 0 Å². The molecule has 2 atom stereocenters. The summed E-state index contributed by atoms with van der Waals surface area (Å²) in [7, 11) is 0. The van der Waals surface area contributed by atoms with Gasteiger partial charge in [-0.15, -0.1) is 18.3 Å². The average molecular weight is 178 g/mol. The van der Waals surface area contributed by atoms with E-state index in [9.17, 15) is 0 Å². The van der Waals surface area contributed by atoms with E-state index < -0.39 is 0 Å². The highest BCUT2D eigenvalue weighted by atomic mass is 32.2. The molecule has 1 heteroatoms. The molecule has 0 saturated carbocycles. The van der Waals surface area contributed by atoms with Crippen LogP contribution < -0.4 is 0 Å². The molecule has 0 amide bonds. The van der Waals surface area contributed by atoms with Gasteiger partial charge in [-0.1, -0.05) is 37.0 Å². The van der Waals surface area contributed by atoms with E-state index in [1.807, 2.05) is 6.08 Å². The van der Waals surface area contributed by atoms with E-state index in [2.05, 4.69) is 43.7 Å². The van der Waals surface area contributed by atoms with E-state index in [4.69, 9.17) is 0 Å². The second-order valence-electron chi connectivity index (χ2n) is 2.78. The molecular formula is C11H14S. The Morgan fingerprint density at radius 2 is 2.08 bits per heavy atom. The van der Waals surface area contributed by atoms with Crippen molar-refractivity contribution in [2.45, 2.75) is 0 Å². The zero-order chi connectivity index (χ0) is 8.97. The molecule has 0 fully saturated rings. The average Bonchev–Trinajstić information content (AvgIpc) is 2.16. The molecule has 0 nitrogen and oxygen atoms in total. The van der Waals surface area contributed by atoms with Gasteiger partial charge in [-0.25, -0.2) is 0 Å². The molecule has 0 saturated heterocycles. The molecule has 0 spiro atoms. The summed E-state index contributed by atoms with van der Waals surface area (Å²) in [6, 6.07) is 0. The van der Waals surface area contributed by atoms with Gasteiger partial charge < -0.3 is 0 Å². The molecule has 0 aromatic carbocycles. The predicted octanol–water partition coefficient (Wildman–Crippen LogP) is 3.41. The monoisotopic (exact) mass is 178 g/mol. The van der Waals surface area contributed by atoms with Crippen molar-refractivity contribution in [2.75, 3.05) is 6.26 Å². The molecule has 1 aliphatic rings. The van der Waals surface area contributed by atoms with Crippen LogP contribution in [0.1, 0.15) is 0 Å². The summed E-state index contributed by atoms with van der Waals surface area (Å²) in [6.07, 6.45) is 12.5. The molecule has 1 rings (SSSR count). The summed E-state index contributed by atoms with van der Waals surface area (Å²) < 4.78 is 0.